The molecule has 1 aliphatic rings. The van der Waals surface area contributed by atoms with Crippen molar-refractivity contribution in [3.8, 4) is 0 Å². The Morgan fingerprint density at radius 2 is 2.25 bits per heavy atom. The summed E-state index contributed by atoms with van der Waals surface area (Å²) in [4.78, 5) is 1.41. The monoisotopic (exact) mass is 175 g/mol. The van der Waals surface area contributed by atoms with Crippen LogP contribution >= 0.6 is 11.8 Å². The van der Waals surface area contributed by atoms with Crippen LogP contribution in [-0.4, -0.2) is 6.26 Å². The molecule has 0 bridgehead atoms. The summed E-state index contributed by atoms with van der Waals surface area (Å²) in [7, 11) is 0. The highest BCUT2D eigenvalue weighted by Gasteiger charge is 2.07. The Morgan fingerprint density at radius 1 is 1.33 bits per heavy atom. The van der Waals surface area contributed by atoms with Crippen LogP contribution in [0.15, 0.2) is 35.2 Å². The third kappa shape index (κ3) is 1.29. The molecule has 1 aromatic rings. The summed E-state index contributed by atoms with van der Waals surface area (Å²) >= 11 is 1.83. The molecule has 0 saturated carbocycles. The normalized spacial score (nSPS) is 14.4. The lowest BCUT2D eigenvalue weighted by atomic mass is 9.97. The second-order valence-corrected chi connectivity index (χ2v) is 3.68. The molecule has 0 heterocycles. The number of thioether (sulfide) groups is 1. The van der Waals surface area contributed by atoms with Gasteiger partial charge in [-0.25, -0.2) is 0 Å². The van der Waals surface area contributed by atoms with Crippen LogP contribution in [0.5, 0.6) is 0 Å². The Labute approximate surface area is 77.7 Å². The molecule has 1 aliphatic carbocycles. The van der Waals surface area contributed by atoms with Gasteiger partial charge in [0.1, 0.15) is 0 Å². The van der Waals surface area contributed by atoms with Crippen molar-refractivity contribution >= 4 is 11.8 Å². The van der Waals surface area contributed by atoms with Gasteiger partial charge in [-0.1, -0.05) is 24.3 Å². The highest BCUT2D eigenvalue weighted by atomic mass is 32.2. The Hall–Kier alpha value is -0.690. The molecule has 0 aliphatic heterocycles. The first-order chi connectivity index (χ1) is 5.92. The number of rotatable bonds is 1. The van der Waals surface area contributed by atoms with E-state index >= 15 is 0 Å². The standard InChI is InChI=1S/C11H11S/c1-12-11-8-4-6-9-5-2-3-7-10(9)11/h2-6,8H,7H2,1H3. The fraction of sp³-hybridized carbons (Fsp3) is 0.182. The Morgan fingerprint density at radius 3 is 3.08 bits per heavy atom. The second kappa shape index (κ2) is 3.36. The summed E-state index contributed by atoms with van der Waals surface area (Å²) in [5, 5.41) is 0. The molecule has 61 valence electrons. The maximum Gasteiger partial charge on any atom is 0.0125 e. The average Bonchev–Trinajstić information content (AvgIpc) is 2.17. The van der Waals surface area contributed by atoms with Crippen LogP contribution in [0.4, 0.5) is 0 Å². The van der Waals surface area contributed by atoms with Gasteiger partial charge in [-0.2, -0.15) is 0 Å². The Balaban J connectivity index is 2.48. The summed E-state index contributed by atoms with van der Waals surface area (Å²) < 4.78 is 0. The molecule has 2 rings (SSSR count). The molecule has 0 N–H and O–H groups in total. The summed E-state index contributed by atoms with van der Waals surface area (Å²) in [6.07, 6.45) is 9.74. The quantitative estimate of drug-likeness (QED) is 0.591. The van der Waals surface area contributed by atoms with Crippen LogP contribution in [0.3, 0.4) is 0 Å². The third-order valence-corrected chi connectivity index (χ3v) is 2.95. The molecular weight excluding hydrogens is 164 g/mol. The molecule has 0 nitrogen and oxygen atoms in total. The van der Waals surface area contributed by atoms with Gasteiger partial charge in [-0.15, -0.1) is 11.8 Å². The van der Waals surface area contributed by atoms with E-state index in [0.717, 1.165) is 6.42 Å². The van der Waals surface area contributed by atoms with Crippen molar-refractivity contribution < 1.29 is 0 Å². The Bertz CT molecular complexity index is 313. The second-order valence-electron chi connectivity index (χ2n) is 2.83. The number of hydrogen-bond donors (Lipinski definition) is 0. The predicted octanol–water partition coefficient (Wildman–Crippen LogP) is 3.07. The summed E-state index contributed by atoms with van der Waals surface area (Å²) in [6.45, 7) is 0. The Kier molecular flexibility index (Phi) is 2.22. The van der Waals surface area contributed by atoms with Crippen molar-refractivity contribution in [2.24, 2.45) is 0 Å². The van der Waals surface area contributed by atoms with Crippen LogP contribution in [-0.2, 0) is 6.42 Å². The van der Waals surface area contributed by atoms with Gasteiger partial charge in [0.15, 0.2) is 0 Å². The average molecular weight is 175 g/mol. The first-order valence-electron chi connectivity index (χ1n) is 4.07. The fourth-order valence-electron chi connectivity index (χ4n) is 1.51. The van der Waals surface area contributed by atoms with Crippen LogP contribution in [0, 0.1) is 6.42 Å². The van der Waals surface area contributed by atoms with E-state index in [1.54, 1.807) is 0 Å². The van der Waals surface area contributed by atoms with Crippen molar-refractivity contribution in [3.63, 3.8) is 0 Å². The molecule has 0 spiro atoms. The van der Waals surface area contributed by atoms with Crippen LogP contribution < -0.4 is 0 Å². The zero-order chi connectivity index (χ0) is 8.39. The van der Waals surface area contributed by atoms with Crippen molar-refractivity contribution in [3.05, 3.63) is 47.9 Å². The number of hydrogen-bond acceptors (Lipinski definition) is 1. The van der Waals surface area contributed by atoms with Gasteiger partial charge in [0, 0.05) is 11.3 Å². The molecule has 0 unspecified atom stereocenters. The molecule has 0 fully saturated rings. The molecule has 1 radical (unpaired) electrons. The molecule has 0 saturated heterocycles. The van der Waals surface area contributed by atoms with E-state index in [4.69, 9.17) is 0 Å². The van der Waals surface area contributed by atoms with Crippen LogP contribution in [0.25, 0.3) is 0 Å². The van der Waals surface area contributed by atoms with Crippen molar-refractivity contribution in [2.45, 2.75) is 11.3 Å². The maximum atomic E-state index is 2.21. The minimum absolute atomic E-state index is 1.09. The van der Waals surface area contributed by atoms with Gasteiger partial charge in [0.2, 0.25) is 0 Å². The minimum atomic E-state index is 1.09. The summed E-state index contributed by atoms with van der Waals surface area (Å²) in [6, 6.07) is 6.50. The van der Waals surface area contributed by atoms with Gasteiger partial charge in [-0.05, 0) is 29.9 Å². The summed E-state index contributed by atoms with van der Waals surface area (Å²) in [5.41, 5.74) is 2.86. The molecule has 1 heteroatoms. The number of allylic oxidation sites excluding steroid dienone is 2. The van der Waals surface area contributed by atoms with Crippen LogP contribution in [0.1, 0.15) is 11.1 Å². The number of fused-ring (bicyclic) bond motifs is 1. The van der Waals surface area contributed by atoms with E-state index in [2.05, 4.69) is 43.0 Å². The highest BCUT2D eigenvalue weighted by Crippen LogP contribution is 2.27. The highest BCUT2D eigenvalue weighted by molar-refractivity contribution is 7.98. The SMILES string of the molecule is CSc1cccc2c1CC=C[CH]2. The molecule has 0 amide bonds. The van der Waals surface area contributed by atoms with Gasteiger partial charge >= 0.3 is 0 Å². The van der Waals surface area contributed by atoms with Crippen LogP contribution in [0.2, 0.25) is 0 Å². The van der Waals surface area contributed by atoms with E-state index in [1.807, 2.05) is 11.8 Å². The lowest BCUT2D eigenvalue weighted by Crippen LogP contribution is -1.96. The minimum Gasteiger partial charge on any atom is -0.129 e. The number of benzene rings is 1. The fourth-order valence-corrected chi connectivity index (χ4v) is 2.17. The molecule has 1 aromatic carbocycles. The van der Waals surface area contributed by atoms with E-state index in [0.29, 0.717) is 0 Å². The van der Waals surface area contributed by atoms with Crippen molar-refractivity contribution in [1.29, 1.82) is 0 Å². The third-order valence-electron chi connectivity index (χ3n) is 2.12. The van der Waals surface area contributed by atoms with Gasteiger partial charge in [-0.3, -0.25) is 0 Å². The van der Waals surface area contributed by atoms with Crippen molar-refractivity contribution in [2.75, 3.05) is 6.26 Å². The van der Waals surface area contributed by atoms with Crippen molar-refractivity contribution in [1.82, 2.24) is 0 Å². The largest absolute Gasteiger partial charge is 0.129 e. The first kappa shape index (κ1) is 7.93. The maximum absolute atomic E-state index is 2.21. The molecular formula is C11H11S. The first-order valence-corrected chi connectivity index (χ1v) is 5.30. The lowest BCUT2D eigenvalue weighted by molar-refractivity contribution is 1.12. The molecule has 0 atom stereocenters. The van der Waals surface area contributed by atoms with E-state index < -0.39 is 0 Å². The van der Waals surface area contributed by atoms with E-state index in [1.165, 1.54) is 16.0 Å². The molecule has 0 aromatic heterocycles. The zero-order valence-electron chi connectivity index (χ0n) is 7.08. The lowest BCUT2D eigenvalue weighted by Gasteiger charge is -2.13. The smallest absolute Gasteiger partial charge is 0.0125 e. The summed E-state index contributed by atoms with van der Waals surface area (Å²) in [5.74, 6) is 0. The van der Waals surface area contributed by atoms with Gasteiger partial charge < -0.3 is 0 Å². The van der Waals surface area contributed by atoms with E-state index in [9.17, 15) is 0 Å². The molecule has 12 heavy (non-hydrogen) atoms. The van der Waals surface area contributed by atoms with E-state index in [-0.39, 0.29) is 0 Å². The zero-order valence-corrected chi connectivity index (χ0v) is 7.90. The predicted molar refractivity (Wildman–Crippen MR) is 54.5 cm³/mol. The van der Waals surface area contributed by atoms with Gasteiger partial charge in [0.05, 0.1) is 0 Å². The van der Waals surface area contributed by atoms with Gasteiger partial charge in [0.25, 0.3) is 0 Å². The topological polar surface area (TPSA) is 0 Å².